The summed E-state index contributed by atoms with van der Waals surface area (Å²) in [6, 6.07) is 3.75. The van der Waals surface area contributed by atoms with Crippen molar-refractivity contribution in [3.8, 4) is 0 Å². The SMILES string of the molecule is CCC(CC)(CNC(=O)c1cccn1C(C)C)C(=O)O. The molecule has 0 unspecified atom stereocenters. The summed E-state index contributed by atoms with van der Waals surface area (Å²) in [5.74, 6) is -1.08. The van der Waals surface area contributed by atoms with Gasteiger partial charge < -0.3 is 15.0 Å². The smallest absolute Gasteiger partial charge is 0.311 e. The van der Waals surface area contributed by atoms with Crippen molar-refractivity contribution in [1.82, 2.24) is 9.88 Å². The van der Waals surface area contributed by atoms with Gasteiger partial charge in [-0.2, -0.15) is 0 Å². The lowest BCUT2D eigenvalue weighted by molar-refractivity contribution is -0.149. The molecule has 0 aliphatic carbocycles. The van der Waals surface area contributed by atoms with Crippen molar-refractivity contribution in [2.75, 3.05) is 6.54 Å². The Hall–Kier alpha value is -1.78. The second kappa shape index (κ2) is 6.59. The summed E-state index contributed by atoms with van der Waals surface area (Å²) in [5.41, 5.74) is -0.322. The molecule has 1 aromatic heterocycles. The Morgan fingerprint density at radius 2 is 1.95 bits per heavy atom. The van der Waals surface area contributed by atoms with E-state index >= 15 is 0 Å². The fourth-order valence-corrected chi connectivity index (χ4v) is 2.25. The number of amides is 1. The molecular weight excluding hydrogens is 256 g/mol. The number of hydrogen-bond donors (Lipinski definition) is 2. The van der Waals surface area contributed by atoms with E-state index in [2.05, 4.69) is 5.32 Å². The summed E-state index contributed by atoms with van der Waals surface area (Å²) in [4.78, 5) is 23.6. The highest BCUT2D eigenvalue weighted by Gasteiger charge is 2.35. The van der Waals surface area contributed by atoms with Crippen LogP contribution in [0.4, 0.5) is 0 Å². The van der Waals surface area contributed by atoms with E-state index < -0.39 is 11.4 Å². The summed E-state index contributed by atoms with van der Waals surface area (Å²) in [6.07, 6.45) is 2.83. The Bertz CT molecular complexity index is 473. The molecule has 1 heterocycles. The number of nitrogens with zero attached hydrogens (tertiary/aromatic N) is 1. The molecule has 112 valence electrons. The summed E-state index contributed by atoms with van der Waals surface area (Å²) in [6.45, 7) is 7.81. The molecule has 0 aliphatic heterocycles. The molecule has 2 N–H and O–H groups in total. The molecule has 0 saturated heterocycles. The fraction of sp³-hybridized carbons (Fsp3) is 0.600. The number of carboxylic acids is 1. The minimum atomic E-state index is -0.884. The lowest BCUT2D eigenvalue weighted by atomic mass is 9.82. The first kappa shape index (κ1) is 16.3. The predicted molar refractivity (Wildman–Crippen MR) is 77.8 cm³/mol. The maximum atomic E-state index is 12.2. The third kappa shape index (κ3) is 3.21. The largest absolute Gasteiger partial charge is 0.481 e. The van der Waals surface area contributed by atoms with Gasteiger partial charge in [0.25, 0.3) is 5.91 Å². The van der Waals surface area contributed by atoms with Crippen molar-refractivity contribution in [2.45, 2.75) is 46.6 Å². The molecule has 1 rings (SSSR count). The second-order valence-corrected chi connectivity index (χ2v) is 5.37. The average Bonchev–Trinajstić information content (AvgIpc) is 2.89. The molecule has 0 aliphatic rings. The van der Waals surface area contributed by atoms with Crippen LogP contribution in [0, 0.1) is 5.41 Å². The summed E-state index contributed by atoms with van der Waals surface area (Å²) < 4.78 is 1.87. The zero-order chi connectivity index (χ0) is 15.3. The summed E-state index contributed by atoms with van der Waals surface area (Å²) in [5, 5.41) is 12.1. The van der Waals surface area contributed by atoms with Crippen molar-refractivity contribution in [1.29, 1.82) is 0 Å². The maximum Gasteiger partial charge on any atom is 0.311 e. The zero-order valence-electron chi connectivity index (χ0n) is 12.6. The van der Waals surface area contributed by atoms with Crippen LogP contribution < -0.4 is 5.32 Å². The Morgan fingerprint density at radius 3 is 2.40 bits per heavy atom. The molecule has 0 bridgehead atoms. The number of rotatable bonds is 7. The zero-order valence-corrected chi connectivity index (χ0v) is 12.6. The first-order valence-electron chi connectivity index (χ1n) is 7.06. The minimum Gasteiger partial charge on any atom is -0.481 e. The van der Waals surface area contributed by atoms with Gasteiger partial charge in [-0.1, -0.05) is 13.8 Å². The number of hydrogen-bond acceptors (Lipinski definition) is 2. The summed E-state index contributed by atoms with van der Waals surface area (Å²) >= 11 is 0. The van der Waals surface area contributed by atoms with Crippen molar-refractivity contribution < 1.29 is 14.7 Å². The maximum absolute atomic E-state index is 12.2. The number of carbonyl (C=O) groups excluding carboxylic acids is 1. The van der Waals surface area contributed by atoms with Crippen LogP contribution in [-0.2, 0) is 4.79 Å². The van der Waals surface area contributed by atoms with E-state index in [4.69, 9.17) is 0 Å². The van der Waals surface area contributed by atoms with Gasteiger partial charge in [-0.15, -0.1) is 0 Å². The first-order chi connectivity index (χ1) is 9.38. The topological polar surface area (TPSA) is 71.3 Å². The lowest BCUT2D eigenvalue weighted by Crippen LogP contribution is -2.42. The van der Waals surface area contributed by atoms with Crippen LogP contribution in [0.5, 0.6) is 0 Å². The molecule has 0 spiro atoms. The highest BCUT2D eigenvalue weighted by atomic mass is 16.4. The number of nitrogens with one attached hydrogen (secondary N) is 1. The lowest BCUT2D eigenvalue weighted by Gasteiger charge is -2.27. The van der Waals surface area contributed by atoms with Crippen LogP contribution in [0.1, 0.15) is 57.1 Å². The molecule has 0 saturated carbocycles. The summed E-state index contributed by atoms with van der Waals surface area (Å²) in [7, 11) is 0. The van der Waals surface area contributed by atoms with Gasteiger partial charge in [-0.3, -0.25) is 9.59 Å². The number of carbonyl (C=O) groups is 2. The standard InChI is InChI=1S/C15H24N2O3/c1-5-15(6-2,14(19)20)10-16-13(18)12-8-7-9-17(12)11(3)4/h7-9,11H,5-6,10H2,1-4H3,(H,16,18)(H,19,20). The molecule has 5 heteroatoms. The van der Waals surface area contributed by atoms with Crippen LogP contribution in [-0.4, -0.2) is 28.1 Å². The molecule has 0 radical (unpaired) electrons. The van der Waals surface area contributed by atoms with E-state index in [0.717, 1.165) is 0 Å². The highest BCUT2D eigenvalue weighted by molar-refractivity contribution is 5.93. The van der Waals surface area contributed by atoms with Crippen molar-refractivity contribution >= 4 is 11.9 Å². The molecule has 5 nitrogen and oxygen atoms in total. The van der Waals surface area contributed by atoms with Gasteiger partial charge in [0, 0.05) is 18.8 Å². The number of aliphatic carboxylic acids is 1. The van der Waals surface area contributed by atoms with Crippen LogP contribution in [0.25, 0.3) is 0 Å². The van der Waals surface area contributed by atoms with E-state index in [9.17, 15) is 14.7 Å². The Labute approximate surface area is 120 Å². The molecule has 1 aromatic rings. The van der Waals surface area contributed by atoms with Gasteiger partial charge in [0.05, 0.1) is 5.41 Å². The third-order valence-electron chi connectivity index (χ3n) is 3.96. The predicted octanol–water partition coefficient (Wildman–Crippen LogP) is 2.69. The van der Waals surface area contributed by atoms with Gasteiger partial charge in [0.2, 0.25) is 0 Å². The van der Waals surface area contributed by atoms with Gasteiger partial charge >= 0.3 is 5.97 Å². The number of aromatic nitrogens is 1. The van der Waals surface area contributed by atoms with Crippen LogP contribution in [0.2, 0.25) is 0 Å². The van der Waals surface area contributed by atoms with Crippen molar-refractivity contribution in [3.63, 3.8) is 0 Å². The third-order valence-corrected chi connectivity index (χ3v) is 3.96. The van der Waals surface area contributed by atoms with Crippen LogP contribution in [0.3, 0.4) is 0 Å². The normalized spacial score (nSPS) is 11.7. The average molecular weight is 280 g/mol. The van der Waals surface area contributed by atoms with E-state index in [1.807, 2.05) is 44.5 Å². The monoisotopic (exact) mass is 280 g/mol. The highest BCUT2D eigenvalue weighted by Crippen LogP contribution is 2.25. The van der Waals surface area contributed by atoms with Crippen molar-refractivity contribution in [2.24, 2.45) is 5.41 Å². The minimum absolute atomic E-state index is 0.150. The van der Waals surface area contributed by atoms with E-state index in [-0.39, 0.29) is 18.5 Å². The van der Waals surface area contributed by atoms with Crippen molar-refractivity contribution in [3.05, 3.63) is 24.0 Å². The van der Waals surface area contributed by atoms with Crippen LogP contribution in [0.15, 0.2) is 18.3 Å². The fourth-order valence-electron chi connectivity index (χ4n) is 2.25. The molecule has 0 atom stereocenters. The van der Waals surface area contributed by atoms with Crippen LogP contribution >= 0.6 is 0 Å². The molecule has 20 heavy (non-hydrogen) atoms. The molecule has 1 amide bonds. The van der Waals surface area contributed by atoms with Gasteiger partial charge in [-0.05, 0) is 38.8 Å². The van der Waals surface area contributed by atoms with Gasteiger partial charge in [0.1, 0.15) is 5.69 Å². The Morgan fingerprint density at radius 1 is 1.35 bits per heavy atom. The van der Waals surface area contributed by atoms with Gasteiger partial charge in [0.15, 0.2) is 0 Å². The first-order valence-corrected chi connectivity index (χ1v) is 7.06. The Balaban J connectivity index is 2.81. The molecular formula is C15H24N2O3. The Kier molecular flexibility index (Phi) is 5.36. The van der Waals surface area contributed by atoms with Gasteiger partial charge in [-0.25, -0.2) is 0 Å². The number of carboxylic acid groups (broad SMARTS) is 1. The van der Waals surface area contributed by atoms with E-state index in [1.54, 1.807) is 6.07 Å². The quantitative estimate of drug-likeness (QED) is 0.806. The molecule has 0 fully saturated rings. The molecule has 0 aromatic carbocycles. The van der Waals surface area contributed by atoms with E-state index in [0.29, 0.717) is 18.5 Å². The second-order valence-electron chi connectivity index (χ2n) is 5.37. The van der Waals surface area contributed by atoms with E-state index in [1.165, 1.54) is 0 Å².